The Hall–Kier alpha value is -2.86. The van der Waals surface area contributed by atoms with Gasteiger partial charge in [0, 0.05) is 5.56 Å². The highest BCUT2D eigenvalue weighted by atomic mass is 16.3. The predicted molar refractivity (Wildman–Crippen MR) is 91.2 cm³/mol. The molecule has 0 atom stereocenters. The lowest BCUT2D eigenvalue weighted by Crippen LogP contribution is -2.11. The third-order valence-corrected chi connectivity index (χ3v) is 3.56. The van der Waals surface area contributed by atoms with Crippen molar-refractivity contribution in [1.82, 2.24) is 0 Å². The number of Topliss-reactive ketones (excluding diaryl/α,β-unsaturated/α-hetero) is 1. The van der Waals surface area contributed by atoms with Crippen molar-refractivity contribution in [3.63, 3.8) is 0 Å². The summed E-state index contributed by atoms with van der Waals surface area (Å²) < 4.78 is 0. The molecule has 0 bridgehead atoms. The Bertz CT molecular complexity index is 788. The van der Waals surface area contributed by atoms with Crippen LogP contribution in [-0.4, -0.2) is 10.9 Å². The number of allylic oxidation sites excluding steroid dienone is 1. The summed E-state index contributed by atoms with van der Waals surface area (Å²) in [6.45, 7) is 6.31. The molecule has 2 aromatic rings. The van der Waals surface area contributed by atoms with E-state index >= 15 is 0 Å². The van der Waals surface area contributed by atoms with Gasteiger partial charge in [0.2, 0.25) is 5.78 Å². The number of carbonyl (C=O) groups is 1. The van der Waals surface area contributed by atoms with Gasteiger partial charge in [-0.3, -0.25) is 4.79 Å². The van der Waals surface area contributed by atoms with E-state index in [9.17, 15) is 15.2 Å². The average molecular weight is 305 g/mol. The van der Waals surface area contributed by atoms with Gasteiger partial charge in [0.1, 0.15) is 17.4 Å². The Kier molecular flexibility index (Phi) is 4.66. The molecule has 0 fully saturated rings. The van der Waals surface area contributed by atoms with Crippen molar-refractivity contribution in [2.75, 3.05) is 0 Å². The second kappa shape index (κ2) is 6.50. The Balaban J connectivity index is 2.32. The molecule has 0 aliphatic carbocycles. The SMILES string of the molecule is CC(C)(C)c1ccc(C(=O)/C(C#N)=C/c2cccc(O)c2)cc1. The highest BCUT2D eigenvalue weighted by Crippen LogP contribution is 2.23. The molecule has 0 saturated heterocycles. The summed E-state index contributed by atoms with van der Waals surface area (Å²) in [7, 11) is 0. The molecule has 116 valence electrons. The van der Waals surface area contributed by atoms with Crippen LogP contribution in [0.2, 0.25) is 0 Å². The van der Waals surface area contributed by atoms with Crippen molar-refractivity contribution >= 4 is 11.9 Å². The third-order valence-electron chi connectivity index (χ3n) is 3.56. The fourth-order valence-corrected chi connectivity index (χ4v) is 2.21. The summed E-state index contributed by atoms with van der Waals surface area (Å²) in [4.78, 5) is 12.5. The van der Waals surface area contributed by atoms with Crippen LogP contribution in [0.4, 0.5) is 0 Å². The predicted octanol–water partition coefficient (Wildman–Crippen LogP) is 4.48. The molecule has 3 heteroatoms. The lowest BCUT2D eigenvalue weighted by molar-refractivity contribution is 0.104. The maximum atomic E-state index is 12.5. The van der Waals surface area contributed by atoms with E-state index < -0.39 is 0 Å². The number of carbonyl (C=O) groups excluding carboxylic acids is 1. The molecule has 0 aromatic heterocycles. The Morgan fingerprint density at radius 1 is 1.13 bits per heavy atom. The van der Waals surface area contributed by atoms with Gasteiger partial charge in [-0.25, -0.2) is 0 Å². The van der Waals surface area contributed by atoms with Gasteiger partial charge in [-0.05, 0) is 34.8 Å². The van der Waals surface area contributed by atoms with E-state index in [0.717, 1.165) is 5.56 Å². The number of nitrogens with zero attached hydrogens (tertiary/aromatic N) is 1. The topological polar surface area (TPSA) is 61.1 Å². The summed E-state index contributed by atoms with van der Waals surface area (Å²) in [5.41, 5.74) is 2.27. The molecule has 0 radical (unpaired) electrons. The molecule has 0 aliphatic rings. The third kappa shape index (κ3) is 4.08. The van der Waals surface area contributed by atoms with Crippen molar-refractivity contribution in [3.8, 4) is 11.8 Å². The maximum Gasteiger partial charge on any atom is 0.203 e. The first-order valence-electron chi connectivity index (χ1n) is 7.37. The van der Waals surface area contributed by atoms with Crippen LogP contribution >= 0.6 is 0 Å². The lowest BCUT2D eigenvalue weighted by Gasteiger charge is -2.18. The van der Waals surface area contributed by atoms with E-state index in [4.69, 9.17) is 0 Å². The van der Waals surface area contributed by atoms with E-state index in [2.05, 4.69) is 20.8 Å². The van der Waals surface area contributed by atoms with Crippen molar-refractivity contribution < 1.29 is 9.90 Å². The van der Waals surface area contributed by atoms with Crippen LogP contribution in [0.15, 0.2) is 54.1 Å². The zero-order chi connectivity index (χ0) is 17.0. The Morgan fingerprint density at radius 2 is 1.78 bits per heavy atom. The summed E-state index contributed by atoms with van der Waals surface area (Å²) in [5.74, 6) is -0.227. The minimum Gasteiger partial charge on any atom is -0.508 e. The van der Waals surface area contributed by atoms with E-state index in [1.807, 2.05) is 18.2 Å². The number of phenols is 1. The standard InChI is InChI=1S/C20H19NO2/c1-20(2,3)17-9-7-15(8-10-17)19(23)16(13-21)11-14-5-4-6-18(22)12-14/h4-12,22H,1-3H3/b16-11+. The number of rotatable bonds is 3. The number of hydrogen-bond acceptors (Lipinski definition) is 3. The van der Waals surface area contributed by atoms with E-state index in [-0.39, 0.29) is 22.5 Å². The van der Waals surface area contributed by atoms with E-state index in [1.54, 1.807) is 24.3 Å². The number of hydrogen-bond donors (Lipinski definition) is 1. The van der Waals surface area contributed by atoms with Crippen LogP contribution in [-0.2, 0) is 5.41 Å². The highest BCUT2D eigenvalue weighted by Gasteiger charge is 2.16. The molecule has 0 saturated carbocycles. The van der Waals surface area contributed by atoms with Crippen LogP contribution in [0.3, 0.4) is 0 Å². The summed E-state index contributed by atoms with van der Waals surface area (Å²) in [5, 5.41) is 18.7. The Labute approximate surface area is 136 Å². The number of nitriles is 1. The largest absolute Gasteiger partial charge is 0.508 e. The fourth-order valence-electron chi connectivity index (χ4n) is 2.21. The average Bonchev–Trinajstić information content (AvgIpc) is 2.51. The molecule has 0 heterocycles. The normalized spacial score (nSPS) is 11.8. The van der Waals surface area contributed by atoms with E-state index in [0.29, 0.717) is 11.1 Å². The van der Waals surface area contributed by atoms with Gasteiger partial charge in [-0.1, -0.05) is 57.2 Å². The van der Waals surface area contributed by atoms with Crippen molar-refractivity contribution in [3.05, 3.63) is 70.8 Å². The van der Waals surface area contributed by atoms with Gasteiger partial charge in [-0.15, -0.1) is 0 Å². The molecule has 0 amide bonds. The zero-order valence-corrected chi connectivity index (χ0v) is 13.5. The van der Waals surface area contributed by atoms with Crippen LogP contribution < -0.4 is 0 Å². The van der Waals surface area contributed by atoms with Gasteiger partial charge in [0.25, 0.3) is 0 Å². The molecule has 3 nitrogen and oxygen atoms in total. The zero-order valence-electron chi connectivity index (χ0n) is 13.5. The molecule has 23 heavy (non-hydrogen) atoms. The second-order valence-corrected chi connectivity index (χ2v) is 6.42. The van der Waals surface area contributed by atoms with Crippen molar-refractivity contribution in [2.45, 2.75) is 26.2 Å². The molecule has 0 unspecified atom stereocenters. The molecule has 2 aromatic carbocycles. The van der Waals surface area contributed by atoms with Crippen molar-refractivity contribution in [1.29, 1.82) is 5.26 Å². The number of ketones is 1. The number of phenolic OH excluding ortho intramolecular Hbond substituents is 1. The van der Waals surface area contributed by atoms with Gasteiger partial charge in [0.05, 0.1) is 0 Å². The molecule has 1 N–H and O–H groups in total. The molecular weight excluding hydrogens is 286 g/mol. The molecule has 2 rings (SSSR count). The first-order chi connectivity index (χ1) is 10.8. The van der Waals surface area contributed by atoms with Gasteiger partial charge < -0.3 is 5.11 Å². The van der Waals surface area contributed by atoms with Crippen LogP contribution in [0.1, 0.15) is 42.3 Å². The second-order valence-electron chi connectivity index (χ2n) is 6.42. The monoisotopic (exact) mass is 305 g/mol. The van der Waals surface area contributed by atoms with Crippen LogP contribution in [0.25, 0.3) is 6.08 Å². The van der Waals surface area contributed by atoms with E-state index in [1.165, 1.54) is 18.2 Å². The fraction of sp³-hybridized carbons (Fsp3) is 0.200. The molecular formula is C20H19NO2. The van der Waals surface area contributed by atoms with Crippen LogP contribution in [0, 0.1) is 11.3 Å². The number of aromatic hydroxyl groups is 1. The molecule has 0 spiro atoms. The van der Waals surface area contributed by atoms with Crippen LogP contribution in [0.5, 0.6) is 5.75 Å². The summed E-state index contributed by atoms with van der Waals surface area (Å²) >= 11 is 0. The minimum atomic E-state index is -0.323. The summed E-state index contributed by atoms with van der Waals surface area (Å²) in [6.07, 6.45) is 1.49. The Morgan fingerprint density at radius 3 is 2.30 bits per heavy atom. The number of benzene rings is 2. The van der Waals surface area contributed by atoms with Gasteiger partial charge in [0.15, 0.2) is 0 Å². The smallest absolute Gasteiger partial charge is 0.203 e. The first kappa shape index (κ1) is 16.5. The van der Waals surface area contributed by atoms with Gasteiger partial charge in [-0.2, -0.15) is 5.26 Å². The quantitative estimate of drug-likeness (QED) is 0.516. The highest BCUT2D eigenvalue weighted by molar-refractivity contribution is 6.14. The maximum absolute atomic E-state index is 12.5. The summed E-state index contributed by atoms with van der Waals surface area (Å²) in [6, 6.07) is 15.7. The van der Waals surface area contributed by atoms with Gasteiger partial charge >= 0.3 is 0 Å². The first-order valence-corrected chi connectivity index (χ1v) is 7.37. The molecule has 0 aliphatic heterocycles. The lowest BCUT2D eigenvalue weighted by atomic mass is 9.86. The minimum absolute atomic E-state index is 0.0110. The van der Waals surface area contributed by atoms with Crippen molar-refractivity contribution in [2.24, 2.45) is 0 Å².